The second-order valence-corrected chi connectivity index (χ2v) is 11.3. The smallest absolute Gasteiger partial charge is 0.245 e. The highest BCUT2D eigenvalue weighted by Crippen LogP contribution is 2.64. The molecular formula is C27H46N4O6. The highest BCUT2D eigenvalue weighted by atomic mass is 16.5. The predicted molar refractivity (Wildman–Crippen MR) is 138 cm³/mol. The van der Waals surface area contributed by atoms with Crippen molar-refractivity contribution in [2.75, 3.05) is 52.5 Å². The summed E-state index contributed by atoms with van der Waals surface area (Å²) in [5.41, 5.74) is -1.81. The van der Waals surface area contributed by atoms with Crippen LogP contribution in [0.2, 0.25) is 0 Å². The summed E-state index contributed by atoms with van der Waals surface area (Å²) in [7, 11) is 0. The second-order valence-electron chi connectivity index (χ2n) is 11.3. The van der Waals surface area contributed by atoms with Crippen LogP contribution < -0.4 is 10.6 Å². The number of carbonyl (C=O) groups is 3. The third-order valence-corrected chi connectivity index (χ3v) is 9.37. The van der Waals surface area contributed by atoms with Crippen molar-refractivity contribution in [3.05, 3.63) is 0 Å². The summed E-state index contributed by atoms with van der Waals surface area (Å²) in [4.78, 5) is 45.5. The van der Waals surface area contributed by atoms with E-state index in [4.69, 9.17) is 9.47 Å². The van der Waals surface area contributed by atoms with Gasteiger partial charge in [-0.2, -0.15) is 0 Å². The van der Waals surface area contributed by atoms with Crippen LogP contribution in [0.4, 0.5) is 0 Å². The first-order valence-electron chi connectivity index (χ1n) is 14.3. The normalized spacial score (nSPS) is 34.9. The van der Waals surface area contributed by atoms with Gasteiger partial charge in [0, 0.05) is 32.7 Å². The molecule has 7 atom stereocenters. The summed E-state index contributed by atoms with van der Waals surface area (Å²) < 4.78 is 12.2. The Morgan fingerprint density at radius 2 is 1.81 bits per heavy atom. The van der Waals surface area contributed by atoms with E-state index < -0.39 is 35.1 Å². The van der Waals surface area contributed by atoms with E-state index in [1.54, 1.807) is 4.90 Å². The molecule has 4 aliphatic rings. The number of morpholine rings is 1. The Morgan fingerprint density at radius 1 is 1.11 bits per heavy atom. The molecule has 0 aliphatic carbocycles. The number of rotatable bonds is 12. The molecule has 4 saturated heterocycles. The molecule has 0 saturated carbocycles. The van der Waals surface area contributed by atoms with Gasteiger partial charge < -0.3 is 30.1 Å². The molecule has 10 heteroatoms. The number of likely N-dealkylation sites (tertiary alicyclic amines) is 1. The molecule has 0 aromatic carbocycles. The first kappa shape index (κ1) is 28.3. The minimum atomic E-state index is -1.06. The number of nitrogens with zero attached hydrogens (tertiary/aromatic N) is 2. The highest BCUT2D eigenvalue weighted by Gasteiger charge is 2.79. The number of aliphatic hydroxyl groups excluding tert-OH is 1. The molecule has 1 spiro atoms. The Balaban J connectivity index is 1.65. The molecule has 210 valence electrons. The predicted octanol–water partition coefficient (Wildman–Crippen LogP) is 0.523. The number of hydrogen-bond acceptors (Lipinski definition) is 7. The van der Waals surface area contributed by atoms with Crippen molar-refractivity contribution in [1.29, 1.82) is 0 Å². The van der Waals surface area contributed by atoms with Crippen LogP contribution in [0.1, 0.15) is 59.8 Å². The average Bonchev–Trinajstić information content (AvgIpc) is 3.52. The van der Waals surface area contributed by atoms with Gasteiger partial charge in [-0.15, -0.1) is 0 Å². The highest BCUT2D eigenvalue weighted by molar-refractivity contribution is 5.99. The summed E-state index contributed by atoms with van der Waals surface area (Å²) in [5.74, 6) is -2.05. The van der Waals surface area contributed by atoms with Crippen LogP contribution in [0, 0.1) is 17.8 Å². The van der Waals surface area contributed by atoms with Gasteiger partial charge in [-0.1, -0.05) is 34.1 Å². The molecule has 4 rings (SSSR count). The Bertz CT molecular complexity index is 851. The van der Waals surface area contributed by atoms with Gasteiger partial charge in [0.25, 0.3) is 0 Å². The van der Waals surface area contributed by atoms with E-state index in [0.717, 1.165) is 25.9 Å². The standard InChI is InChI=1S/C27H46N4O6/c1-5-10-28-23(33)20-21-25(35)31(19(17-32)18(4)6-2)22(27(21)9-8-26(20,7-3)37-27)24(34)29-11-12-30-13-15-36-16-14-30/h18-22,32H,5-17H2,1-4H3,(H,28,33)(H,29,34)/t18-,19-,20+,21-,22?,26-,27?/m0/s1. The first-order valence-corrected chi connectivity index (χ1v) is 14.3. The van der Waals surface area contributed by atoms with Crippen LogP contribution in [0.5, 0.6) is 0 Å². The summed E-state index contributed by atoms with van der Waals surface area (Å²) in [6.45, 7) is 12.5. The third kappa shape index (κ3) is 4.79. The lowest BCUT2D eigenvalue weighted by Crippen LogP contribution is -2.59. The van der Waals surface area contributed by atoms with Crippen LogP contribution in [0.25, 0.3) is 0 Å². The van der Waals surface area contributed by atoms with Crippen LogP contribution in [-0.4, -0.2) is 108 Å². The van der Waals surface area contributed by atoms with Gasteiger partial charge in [0.15, 0.2) is 0 Å². The van der Waals surface area contributed by atoms with Gasteiger partial charge in [0.2, 0.25) is 17.7 Å². The summed E-state index contributed by atoms with van der Waals surface area (Å²) in [5, 5.41) is 16.5. The number of fused-ring (bicyclic) bond motifs is 1. The van der Waals surface area contributed by atoms with Gasteiger partial charge in [0.1, 0.15) is 11.6 Å². The fourth-order valence-electron chi connectivity index (χ4n) is 7.14. The van der Waals surface area contributed by atoms with E-state index in [2.05, 4.69) is 15.5 Å². The molecule has 37 heavy (non-hydrogen) atoms. The zero-order valence-electron chi connectivity index (χ0n) is 23.0. The third-order valence-electron chi connectivity index (χ3n) is 9.37. The summed E-state index contributed by atoms with van der Waals surface area (Å²) in [6, 6.07) is -1.40. The molecule has 3 N–H and O–H groups in total. The number of hydrogen-bond donors (Lipinski definition) is 3. The number of amides is 3. The average molecular weight is 523 g/mol. The van der Waals surface area contributed by atoms with Crippen molar-refractivity contribution < 1.29 is 29.0 Å². The zero-order valence-corrected chi connectivity index (χ0v) is 23.0. The van der Waals surface area contributed by atoms with Crippen LogP contribution in [0.3, 0.4) is 0 Å². The minimum Gasteiger partial charge on any atom is -0.394 e. The van der Waals surface area contributed by atoms with Gasteiger partial charge in [0.05, 0.1) is 43.3 Å². The Hall–Kier alpha value is -1.75. The number of carbonyl (C=O) groups excluding carboxylic acids is 3. The quantitative estimate of drug-likeness (QED) is 0.342. The van der Waals surface area contributed by atoms with Gasteiger partial charge in [-0.25, -0.2) is 0 Å². The van der Waals surface area contributed by atoms with Gasteiger partial charge >= 0.3 is 0 Å². The minimum absolute atomic E-state index is 0.0162. The molecule has 0 radical (unpaired) electrons. The maximum atomic E-state index is 14.2. The van der Waals surface area contributed by atoms with Crippen molar-refractivity contribution in [3.63, 3.8) is 0 Å². The summed E-state index contributed by atoms with van der Waals surface area (Å²) in [6.07, 6.45) is 3.33. The molecule has 4 heterocycles. The molecule has 2 bridgehead atoms. The van der Waals surface area contributed by atoms with Crippen molar-refractivity contribution in [3.8, 4) is 0 Å². The number of ether oxygens (including phenoxy) is 2. The Labute approximate surface area is 220 Å². The van der Waals surface area contributed by atoms with E-state index in [1.165, 1.54) is 0 Å². The van der Waals surface area contributed by atoms with E-state index in [1.807, 2.05) is 27.7 Å². The maximum absolute atomic E-state index is 14.2. The van der Waals surface area contributed by atoms with Crippen molar-refractivity contribution in [2.24, 2.45) is 17.8 Å². The SMILES string of the molecule is CCCNC(=O)[C@H]1[C@H]2C(=O)N([C@@H](CO)[C@@H](C)CC)C(C(=O)NCCN3CCOCC3)C23CC[C@]1(CC)O3. The molecular weight excluding hydrogens is 476 g/mol. The van der Waals surface area contributed by atoms with Gasteiger partial charge in [-0.3, -0.25) is 19.3 Å². The van der Waals surface area contributed by atoms with Crippen molar-refractivity contribution >= 4 is 17.7 Å². The molecule has 3 amide bonds. The Morgan fingerprint density at radius 3 is 2.43 bits per heavy atom. The van der Waals surface area contributed by atoms with E-state index >= 15 is 0 Å². The lowest BCUT2D eigenvalue weighted by molar-refractivity contribution is -0.152. The first-order chi connectivity index (χ1) is 17.8. The van der Waals surface area contributed by atoms with Gasteiger partial charge in [-0.05, 0) is 31.6 Å². The maximum Gasteiger partial charge on any atom is 0.245 e. The van der Waals surface area contributed by atoms with Crippen LogP contribution in [-0.2, 0) is 23.9 Å². The zero-order chi connectivity index (χ0) is 26.8. The molecule has 0 aromatic rings. The van der Waals surface area contributed by atoms with E-state index in [9.17, 15) is 19.5 Å². The molecule has 0 aromatic heterocycles. The lowest BCUT2D eigenvalue weighted by atomic mass is 9.65. The summed E-state index contributed by atoms with van der Waals surface area (Å²) >= 11 is 0. The van der Waals surface area contributed by atoms with Crippen LogP contribution >= 0.6 is 0 Å². The molecule has 4 aliphatic heterocycles. The topological polar surface area (TPSA) is 120 Å². The second kappa shape index (κ2) is 11.6. The largest absolute Gasteiger partial charge is 0.394 e. The molecule has 10 nitrogen and oxygen atoms in total. The lowest BCUT2D eigenvalue weighted by Gasteiger charge is -2.39. The fraction of sp³-hybridized carbons (Fsp3) is 0.889. The monoisotopic (exact) mass is 522 g/mol. The van der Waals surface area contributed by atoms with Crippen molar-refractivity contribution in [1.82, 2.24) is 20.4 Å². The van der Waals surface area contributed by atoms with Crippen LogP contribution in [0.15, 0.2) is 0 Å². The van der Waals surface area contributed by atoms with E-state index in [-0.39, 0.29) is 30.2 Å². The van der Waals surface area contributed by atoms with Crippen molar-refractivity contribution in [2.45, 2.75) is 83.1 Å². The number of nitrogens with one attached hydrogen (secondary N) is 2. The molecule has 2 unspecified atom stereocenters. The molecule has 4 fully saturated rings. The van der Waals surface area contributed by atoms with E-state index in [0.29, 0.717) is 52.1 Å². The number of aliphatic hydroxyl groups is 1. The fourth-order valence-corrected chi connectivity index (χ4v) is 7.14. The Kier molecular flexibility index (Phi) is 8.82.